The van der Waals surface area contributed by atoms with Crippen LogP contribution in [0.5, 0.6) is 0 Å². The summed E-state index contributed by atoms with van der Waals surface area (Å²) >= 11 is 6.26. The van der Waals surface area contributed by atoms with Crippen LogP contribution in [-0.2, 0) is 0 Å². The number of amides is 1. The molecule has 4 nitrogen and oxygen atoms in total. The zero-order valence-electron chi connectivity index (χ0n) is 8.82. The first-order valence-corrected chi connectivity index (χ1v) is 6.38. The molecule has 2 rings (SSSR count). The summed E-state index contributed by atoms with van der Waals surface area (Å²) in [7, 11) is 0. The van der Waals surface area contributed by atoms with E-state index in [9.17, 15) is 9.18 Å². The van der Waals surface area contributed by atoms with Crippen LogP contribution < -0.4 is 5.32 Å². The van der Waals surface area contributed by atoms with Gasteiger partial charge in [0.1, 0.15) is 10.4 Å². The molecule has 1 aromatic carbocycles. The van der Waals surface area contributed by atoms with Crippen molar-refractivity contribution in [1.29, 1.82) is 0 Å². The number of aromatic nitrogens is 2. The van der Waals surface area contributed by atoms with E-state index in [0.717, 1.165) is 6.07 Å². The first kappa shape index (κ1) is 13.1. The van der Waals surface area contributed by atoms with Crippen LogP contribution in [0.2, 0.25) is 0 Å². The smallest absolute Gasteiger partial charge is 0.257 e. The van der Waals surface area contributed by atoms with Gasteiger partial charge >= 0.3 is 0 Å². The molecule has 1 heterocycles. The minimum absolute atomic E-state index is 0.201. The minimum Gasteiger partial charge on any atom is -0.305 e. The lowest BCUT2D eigenvalue weighted by Crippen LogP contribution is -2.13. The van der Waals surface area contributed by atoms with Gasteiger partial charge in [0.2, 0.25) is 0 Å². The highest BCUT2D eigenvalue weighted by Crippen LogP contribution is 2.16. The Hall–Kier alpha value is -1.34. The fourth-order valence-electron chi connectivity index (χ4n) is 1.25. The topological polar surface area (TPSA) is 54.9 Å². The molecule has 0 aliphatic carbocycles. The number of nitrogens with zero attached hydrogens (tertiary/aromatic N) is 2. The molecule has 0 spiro atoms. The molecule has 1 aromatic heterocycles. The van der Waals surface area contributed by atoms with E-state index in [0.29, 0.717) is 14.9 Å². The van der Waals surface area contributed by atoms with Crippen LogP contribution in [0, 0.1) is 5.82 Å². The molecule has 0 aliphatic rings. The molecule has 2 aromatic rings. The Morgan fingerprint density at radius 1 is 1.17 bits per heavy atom. The largest absolute Gasteiger partial charge is 0.305 e. The van der Waals surface area contributed by atoms with Crippen molar-refractivity contribution in [1.82, 2.24) is 9.97 Å². The van der Waals surface area contributed by atoms with Crippen molar-refractivity contribution < 1.29 is 9.18 Å². The van der Waals surface area contributed by atoms with Crippen molar-refractivity contribution >= 4 is 43.6 Å². The summed E-state index contributed by atoms with van der Waals surface area (Å²) in [6.45, 7) is 0. The molecule has 0 unspecified atom stereocenters. The van der Waals surface area contributed by atoms with Gasteiger partial charge in [0.25, 0.3) is 5.91 Å². The average molecular weight is 375 g/mol. The number of nitrogens with one attached hydrogen (secondary N) is 1. The third-order valence-corrected chi connectivity index (χ3v) is 2.85. The van der Waals surface area contributed by atoms with Gasteiger partial charge in [0.15, 0.2) is 5.82 Å². The van der Waals surface area contributed by atoms with E-state index in [1.54, 1.807) is 0 Å². The van der Waals surface area contributed by atoms with E-state index in [2.05, 4.69) is 47.1 Å². The molecular weight excluding hydrogens is 369 g/mol. The van der Waals surface area contributed by atoms with E-state index in [-0.39, 0.29) is 5.56 Å². The maximum absolute atomic E-state index is 13.1. The molecule has 0 bridgehead atoms. The summed E-state index contributed by atoms with van der Waals surface area (Å²) in [4.78, 5) is 19.7. The maximum atomic E-state index is 13.1. The predicted molar refractivity (Wildman–Crippen MR) is 71.8 cm³/mol. The first-order valence-electron chi connectivity index (χ1n) is 4.79. The van der Waals surface area contributed by atoms with Gasteiger partial charge in [-0.3, -0.25) is 4.79 Å². The van der Waals surface area contributed by atoms with Crippen molar-refractivity contribution in [3.63, 3.8) is 0 Å². The third-order valence-electron chi connectivity index (χ3n) is 1.99. The summed E-state index contributed by atoms with van der Waals surface area (Å²) < 4.78 is 14.2. The zero-order chi connectivity index (χ0) is 13.1. The van der Waals surface area contributed by atoms with Gasteiger partial charge in [-0.05, 0) is 34.1 Å². The second-order valence-electron chi connectivity index (χ2n) is 3.34. The Morgan fingerprint density at radius 3 is 2.56 bits per heavy atom. The average Bonchev–Trinajstić information content (AvgIpc) is 2.31. The van der Waals surface area contributed by atoms with Gasteiger partial charge in [-0.25, -0.2) is 14.4 Å². The van der Waals surface area contributed by atoms with Crippen LogP contribution in [0.4, 0.5) is 10.2 Å². The number of hydrogen-bond acceptors (Lipinski definition) is 3. The highest BCUT2D eigenvalue weighted by Gasteiger charge is 2.09. The van der Waals surface area contributed by atoms with E-state index in [1.165, 1.54) is 24.5 Å². The Morgan fingerprint density at radius 2 is 1.94 bits per heavy atom. The molecule has 1 amide bonds. The summed E-state index contributed by atoms with van der Waals surface area (Å²) in [5, 5.41) is 2.52. The van der Waals surface area contributed by atoms with Crippen molar-refractivity contribution in [2.75, 3.05) is 5.32 Å². The molecule has 0 atom stereocenters. The van der Waals surface area contributed by atoms with Crippen LogP contribution >= 0.6 is 31.9 Å². The highest BCUT2D eigenvalue weighted by molar-refractivity contribution is 9.10. The predicted octanol–water partition coefficient (Wildman–Crippen LogP) is 3.39. The normalized spacial score (nSPS) is 10.2. The molecule has 0 aliphatic heterocycles. The monoisotopic (exact) mass is 373 g/mol. The van der Waals surface area contributed by atoms with E-state index < -0.39 is 11.7 Å². The molecule has 0 radical (unpaired) electrons. The summed E-state index contributed by atoms with van der Waals surface area (Å²) in [5.74, 6) is -0.646. The molecule has 0 saturated carbocycles. The van der Waals surface area contributed by atoms with Crippen molar-refractivity contribution in [3.8, 4) is 0 Å². The zero-order valence-corrected chi connectivity index (χ0v) is 12.0. The second kappa shape index (κ2) is 5.53. The summed E-state index contributed by atoms with van der Waals surface area (Å²) in [5.41, 5.74) is 0.201. The Kier molecular flexibility index (Phi) is 4.03. The van der Waals surface area contributed by atoms with Crippen LogP contribution in [0.25, 0.3) is 0 Å². The van der Waals surface area contributed by atoms with Crippen LogP contribution in [0.1, 0.15) is 10.4 Å². The number of carbonyl (C=O) groups is 1. The van der Waals surface area contributed by atoms with Gasteiger partial charge in [0, 0.05) is 10.0 Å². The van der Waals surface area contributed by atoms with Crippen LogP contribution in [0.15, 0.2) is 39.7 Å². The van der Waals surface area contributed by atoms with Gasteiger partial charge in [-0.2, -0.15) is 0 Å². The lowest BCUT2D eigenvalue weighted by molar-refractivity contribution is 0.102. The van der Waals surface area contributed by atoms with Crippen molar-refractivity contribution in [3.05, 3.63) is 51.0 Å². The Labute approximate surface area is 119 Å². The lowest BCUT2D eigenvalue weighted by Gasteiger charge is -2.04. The summed E-state index contributed by atoms with van der Waals surface area (Å²) in [6.07, 6.45) is 2.85. The molecule has 0 saturated heterocycles. The number of carbonyl (C=O) groups excluding carboxylic acids is 1. The van der Waals surface area contributed by atoms with E-state index in [4.69, 9.17) is 0 Å². The molecule has 1 N–H and O–H groups in total. The molecular formula is C11H6Br2FN3O. The van der Waals surface area contributed by atoms with Gasteiger partial charge in [0.05, 0.1) is 12.4 Å². The number of anilines is 1. The van der Waals surface area contributed by atoms with Crippen molar-refractivity contribution in [2.45, 2.75) is 0 Å². The highest BCUT2D eigenvalue weighted by atomic mass is 79.9. The lowest BCUT2D eigenvalue weighted by atomic mass is 10.2. The SMILES string of the molecule is O=C(Nc1cnc(Br)cn1)c1cc(F)cc(Br)c1. The summed E-state index contributed by atoms with van der Waals surface area (Å²) in [6, 6.07) is 3.94. The number of halogens is 3. The van der Waals surface area contributed by atoms with Gasteiger partial charge in [-0.15, -0.1) is 0 Å². The standard InChI is InChI=1S/C11H6Br2FN3O/c12-7-1-6(2-8(14)3-7)11(18)17-10-5-15-9(13)4-16-10/h1-5H,(H,16,17,18). The Bertz CT molecular complexity index is 569. The fourth-order valence-corrected chi connectivity index (χ4v) is 1.92. The minimum atomic E-state index is -0.489. The van der Waals surface area contributed by atoms with E-state index in [1.807, 2.05) is 0 Å². The third kappa shape index (κ3) is 3.33. The number of rotatable bonds is 2. The van der Waals surface area contributed by atoms with Gasteiger partial charge in [-0.1, -0.05) is 15.9 Å². The molecule has 18 heavy (non-hydrogen) atoms. The van der Waals surface area contributed by atoms with Gasteiger partial charge < -0.3 is 5.32 Å². The number of benzene rings is 1. The second-order valence-corrected chi connectivity index (χ2v) is 5.06. The maximum Gasteiger partial charge on any atom is 0.257 e. The quantitative estimate of drug-likeness (QED) is 0.876. The van der Waals surface area contributed by atoms with Crippen LogP contribution in [-0.4, -0.2) is 15.9 Å². The van der Waals surface area contributed by atoms with E-state index >= 15 is 0 Å². The number of hydrogen-bond donors (Lipinski definition) is 1. The van der Waals surface area contributed by atoms with Crippen molar-refractivity contribution in [2.24, 2.45) is 0 Å². The Balaban J connectivity index is 2.19. The molecule has 0 fully saturated rings. The molecule has 92 valence electrons. The molecule has 7 heteroatoms. The fraction of sp³-hybridized carbons (Fsp3) is 0. The first-order chi connectivity index (χ1) is 8.54. The van der Waals surface area contributed by atoms with Crippen LogP contribution in [0.3, 0.4) is 0 Å².